The van der Waals surface area contributed by atoms with Gasteiger partial charge in [0.05, 0.1) is 13.2 Å². The van der Waals surface area contributed by atoms with Crippen molar-refractivity contribution in [1.82, 2.24) is 10.6 Å². The van der Waals surface area contributed by atoms with Crippen LogP contribution in [0, 0.1) is 0 Å². The highest BCUT2D eigenvalue weighted by Crippen LogP contribution is 2.29. The minimum Gasteiger partial charge on any atom is -0.493 e. The molecule has 0 unspecified atom stereocenters. The molecule has 0 saturated carbocycles. The molecule has 1 heterocycles. The van der Waals surface area contributed by atoms with Crippen molar-refractivity contribution in [1.29, 1.82) is 0 Å². The third kappa shape index (κ3) is 3.43. The van der Waals surface area contributed by atoms with Crippen LogP contribution in [0.3, 0.4) is 0 Å². The first-order valence-corrected chi connectivity index (χ1v) is 6.63. The van der Waals surface area contributed by atoms with Gasteiger partial charge in [0, 0.05) is 0 Å². The van der Waals surface area contributed by atoms with Crippen molar-refractivity contribution in [2.45, 2.75) is 20.0 Å². The number of amides is 4. The van der Waals surface area contributed by atoms with Crippen LogP contribution in [0.4, 0.5) is 4.79 Å². The summed E-state index contributed by atoms with van der Waals surface area (Å²) in [6.07, 6.45) is 1.36. The number of imide groups is 2. The molecule has 7 heteroatoms. The number of hydrogen-bond acceptors (Lipinski definition) is 5. The van der Waals surface area contributed by atoms with Gasteiger partial charge in [-0.25, -0.2) is 4.79 Å². The van der Waals surface area contributed by atoms with Crippen molar-refractivity contribution in [3.63, 3.8) is 0 Å². The monoisotopic (exact) mass is 304 g/mol. The highest BCUT2D eigenvalue weighted by molar-refractivity contribution is 6.31. The predicted molar refractivity (Wildman–Crippen MR) is 78.4 cm³/mol. The maximum absolute atomic E-state index is 11.7. The average Bonchev–Trinajstić information content (AvgIpc) is 2.43. The zero-order valence-corrected chi connectivity index (χ0v) is 12.4. The largest absolute Gasteiger partial charge is 0.493 e. The summed E-state index contributed by atoms with van der Waals surface area (Å²) in [6, 6.07) is 4.19. The van der Waals surface area contributed by atoms with Gasteiger partial charge in [-0.1, -0.05) is 6.07 Å². The molecular weight excluding hydrogens is 288 g/mol. The Morgan fingerprint density at radius 1 is 1.05 bits per heavy atom. The van der Waals surface area contributed by atoms with Crippen LogP contribution in [0.1, 0.15) is 19.4 Å². The number of carbonyl (C=O) groups excluding carboxylic acids is 3. The fourth-order valence-electron chi connectivity index (χ4n) is 1.90. The zero-order valence-electron chi connectivity index (χ0n) is 12.4. The van der Waals surface area contributed by atoms with E-state index in [1.54, 1.807) is 18.2 Å². The zero-order chi connectivity index (χ0) is 16.3. The summed E-state index contributed by atoms with van der Waals surface area (Å²) in [5.41, 5.74) is 0.418. The Balaban J connectivity index is 2.33. The Morgan fingerprint density at radius 2 is 1.68 bits per heavy atom. The summed E-state index contributed by atoms with van der Waals surface area (Å²) in [4.78, 5) is 34.3. The third-order valence-corrected chi connectivity index (χ3v) is 2.80. The summed E-state index contributed by atoms with van der Waals surface area (Å²) in [6.45, 7) is 3.78. The number of nitrogens with one attached hydrogen (secondary N) is 2. The van der Waals surface area contributed by atoms with Gasteiger partial charge >= 0.3 is 6.03 Å². The van der Waals surface area contributed by atoms with Gasteiger partial charge in [-0.3, -0.25) is 20.2 Å². The standard InChI is InChI=1S/C15H16N2O5/c1-8(2)22-11-5-4-9(7-12(11)21-3)6-10-13(18)16-15(20)17-14(10)19/h4-8H,1-3H3,(H2,16,17,18,19,20). The lowest BCUT2D eigenvalue weighted by atomic mass is 10.1. The molecule has 116 valence electrons. The summed E-state index contributed by atoms with van der Waals surface area (Å²) >= 11 is 0. The highest BCUT2D eigenvalue weighted by atomic mass is 16.5. The first kappa shape index (κ1) is 15.6. The molecule has 1 aromatic carbocycles. The fourth-order valence-corrected chi connectivity index (χ4v) is 1.90. The van der Waals surface area contributed by atoms with Gasteiger partial charge < -0.3 is 9.47 Å². The summed E-state index contributed by atoms with van der Waals surface area (Å²) in [5, 5.41) is 4.02. The second-order valence-corrected chi connectivity index (χ2v) is 4.87. The Labute approximate surface area is 127 Å². The van der Waals surface area contributed by atoms with Crippen molar-refractivity contribution >= 4 is 23.9 Å². The van der Waals surface area contributed by atoms with Crippen LogP contribution in [-0.2, 0) is 9.59 Å². The molecule has 1 aliphatic rings. The van der Waals surface area contributed by atoms with E-state index in [1.165, 1.54) is 13.2 Å². The normalized spacial score (nSPS) is 14.5. The van der Waals surface area contributed by atoms with E-state index < -0.39 is 17.8 Å². The van der Waals surface area contributed by atoms with Gasteiger partial charge in [-0.2, -0.15) is 0 Å². The molecule has 1 saturated heterocycles. The Hall–Kier alpha value is -2.83. The first-order valence-electron chi connectivity index (χ1n) is 6.63. The molecule has 1 fully saturated rings. The Bertz CT molecular complexity index is 642. The quantitative estimate of drug-likeness (QED) is 0.644. The molecule has 7 nitrogen and oxygen atoms in total. The molecule has 0 bridgehead atoms. The SMILES string of the molecule is COc1cc(C=C2C(=O)NC(=O)NC2=O)ccc1OC(C)C. The second kappa shape index (κ2) is 6.30. The van der Waals surface area contributed by atoms with Crippen LogP contribution in [0.2, 0.25) is 0 Å². The molecule has 22 heavy (non-hydrogen) atoms. The number of carbonyl (C=O) groups is 3. The minimum atomic E-state index is -0.828. The fraction of sp³-hybridized carbons (Fsp3) is 0.267. The number of benzene rings is 1. The molecular formula is C15H16N2O5. The van der Waals surface area contributed by atoms with Crippen LogP contribution in [0.5, 0.6) is 11.5 Å². The molecule has 0 aliphatic carbocycles. The maximum atomic E-state index is 11.7. The lowest BCUT2D eigenvalue weighted by molar-refractivity contribution is -0.123. The van der Waals surface area contributed by atoms with Gasteiger partial charge in [-0.05, 0) is 37.6 Å². The van der Waals surface area contributed by atoms with Crippen molar-refractivity contribution in [3.8, 4) is 11.5 Å². The second-order valence-electron chi connectivity index (χ2n) is 4.87. The minimum absolute atomic E-state index is 0.0148. The van der Waals surface area contributed by atoms with Crippen LogP contribution >= 0.6 is 0 Å². The van der Waals surface area contributed by atoms with E-state index >= 15 is 0 Å². The topological polar surface area (TPSA) is 93.7 Å². The molecule has 4 amide bonds. The van der Waals surface area contributed by atoms with E-state index in [2.05, 4.69) is 0 Å². The number of rotatable bonds is 4. The number of barbiturate groups is 1. The van der Waals surface area contributed by atoms with Crippen molar-refractivity contribution in [3.05, 3.63) is 29.3 Å². The van der Waals surface area contributed by atoms with E-state index in [0.29, 0.717) is 17.1 Å². The van der Waals surface area contributed by atoms with E-state index in [1.807, 2.05) is 24.5 Å². The summed E-state index contributed by atoms with van der Waals surface area (Å²) in [7, 11) is 1.50. The van der Waals surface area contributed by atoms with Crippen molar-refractivity contribution in [2.24, 2.45) is 0 Å². The van der Waals surface area contributed by atoms with E-state index in [-0.39, 0.29) is 11.7 Å². The smallest absolute Gasteiger partial charge is 0.328 e. The number of hydrogen-bond donors (Lipinski definition) is 2. The Kier molecular flexibility index (Phi) is 4.45. The molecule has 2 N–H and O–H groups in total. The molecule has 1 aromatic rings. The third-order valence-electron chi connectivity index (χ3n) is 2.80. The molecule has 0 radical (unpaired) electrons. The molecule has 0 spiro atoms. The molecule has 2 rings (SSSR count). The van der Waals surface area contributed by atoms with Gasteiger partial charge in [0.15, 0.2) is 11.5 Å². The van der Waals surface area contributed by atoms with Crippen molar-refractivity contribution < 1.29 is 23.9 Å². The molecule has 1 aliphatic heterocycles. The predicted octanol–water partition coefficient (Wildman–Crippen LogP) is 1.23. The number of methoxy groups -OCH3 is 1. The van der Waals surface area contributed by atoms with E-state index in [0.717, 1.165) is 0 Å². The molecule has 0 atom stereocenters. The summed E-state index contributed by atoms with van der Waals surface area (Å²) in [5.74, 6) is -0.437. The van der Waals surface area contributed by atoms with Gasteiger partial charge in [0.25, 0.3) is 11.8 Å². The summed E-state index contributed by atoms with van der Waals surface area (Å²) < 4.78 is 10.8. The van der Waals surface area contributed by atoms with Crippen LogP contribution in [-0.4, -0.2) is 31.1 Å². The van der Waals surface area contributed by atoms with Crippen molar-refractivity contribution in [2.75, 3.05) is 7.11 Å². The number of ether oxygens (including phenoxy) is 2. The van der Waals surface area contributed by atoms with Crippen LogP contribution in [0.25, 0.3) is 6.08 Å². The maximum Gasteiger partial charge on any atom is 0.328 e. The average molecular weight is 304 g/mol. The lowest BCUT2D eigenvalue weighted by Gasteiger charge is -2.15. The first-order chi connectivity index (χ1) is 10.4. The lowest BCUT2D eigenvalue weighted by Crippen LogP contribution is -2.51. The Morgan fingerprint density at radius 3 is 2.23 bits per heavy atom. The highest BCUT2D eigenvalue weighted by Gasteiger charge is 2.27. The van der Waals surface area contributed by atoms with Gasteiger partial charge in [0.1, 0.15) is 5.57 Å². The molecule has 0 aromatic heterocycles. The van der Waals surface area contributed by atoms with Gasteiger partial charge in [-0.15, -0.1) is 0 Å². The van der Waals surface area contributed by atoms with Gasteiger partial charge in [0.2, 0.25) is 0 Å². The van der Waals surface area contributed by atoms with E-state index in [4.69, 9.17) is 9.47 Å². The van der Waals surface area contributed by atoms with E-state index in [9.17, 15) is 14.4 Å². The van der Waals surface area contributed by atoms with Crippen LogP contribution < -0.4 is 20.1 Å². The van der Waals surface area contributed by atoms with Crippen LogP contribution in [0.15, 0.2) is 23.8 Å². The number of urea groups is 1.